The van der Waals surface area contributed by atoms with E-state index >= 15 is 0 Å². The largest absolute Gasteiger partial charge is 0.269 e. The van der Waals surface area contributed by atoms with E-state index in [1.54, 1.807) is 0 Å². The van der Waals surface area contributed by atoms with E-state index in [-0.39, 0.29) is 0 Å². The van der Waals surface area contributed by atoms with E-state index in [9.17, 15) is 0 Å². The second-order valence-electron chi connectivity index (χ2n) is 3.56. The molecule has 0 amide bonds. The molecule has 0 unspecified atom stereocenters. The minimum Gasteiger partial charge on any atom is -0.269 e. The number of rotatable bonds is 3. The predicted octanol–water partition coefficient (Wildman–Crippen LogP) is 2.98. The Labute approximate surface area is 80.3 Å². The molecular formula is C11H18N2. The monoisotopic (exact) mass is 178 g/mol. The first-order chi connectivity index (χ1) is 6.11. The first-order valence-corrected chi connectivity index (χ1v) is 4.81. The van der Waals surface area contributed by atoms with E-state index < -0.39 is 0 Å². The van der Waals surface area contributed by atoms with Crippen LogP contribution in [0, 0.1) is 6.92 Å². The molecule has 13 heavy (non-hydrogen) atoms. The summed E-state index contributed by atoms with van der Waals surface area (Å²) in [6, 6.07) is 0. The summed E-state index contributed by atoms with van der Waals surface area (Å²) in [4.78, 5) is 0. The van der Waals surface area contributed by atoms with E-state index in [2.05, 4.69) is 39.4 Å². The molecule has 1 rings (SSSR count). The van der Waals surface area contributed by atoms with Crippen LogP contribution in [0.3, 0.4) is 0 Å². The Morgan fingerprint density at radius 1 is 1.54 bits per heavy atom. The molecule has 0 aliphatic heterocycles. The molecule has 72 valence electrons. The zero-order valence-corrected chi connectivity index (χ0v) is 8.96. The molecular weight excluding hydrogens is 160 g/mol. The lowest BCUT2D eigenvalue weighted by Crippen LogP contribution is -1.99. The summed E-state index contributed by atoms with van der Waals surface area (Å²) in [5, 5.41) is 4.47. The Kier molecular flexibility index (Phi) is 2.91. The normalized spacial score (nSPS) is 10.8. The summed E-state index contributed by atoms with van der Waals surface area (Å²) in [6.45, 7) is 13.3. The minimum absolute atomic E-state index is 0.522. The van der Waals surface area contributed by atoms with Gasteiger partial charge in [-0.05, 0) is 25.8 Å². The Morgan fingerprint density at radius 2 is 2.15 bits per heavy atom. The van der Waals surface area contributed by atoms with Gasteiger partial charge < -0.3 is 0 Å². The molecule has 2 heteroatoms. The predicted molar refractivity (Wildman–Crippen MR) is 56.8 cm³/mol. The van der Waals surface area contributed by atoms with Gasteiger partial charge in [-0.1, -0.05) is 20.4 Å². The van der Waals surface area contributed by atoms with Crippen LogP contribution in [0.15, 0.2) is 6.58 Å². The molecule has 0 radical (unpaired) electrons. The van der Waals surface area contributed by atoms with Gasteiger partial charge in [-0.2, -0.15) is 5.10 Å². The molecule has 0 fully saturated rings. The van der Waals surface area contributed by atoms with Crippen LogP contribution >= 0.6 is 0 Å². The average molecular weight is 178 g/mol. The molecule has 1 heterocycles. The lowest BCUT2D eigenvalue weighted by atomic mass is 10.0. The summed E-state index contributed by atoms with van der Waals surface area (Å²) in [7, 11) is 0. The van der Waals surface area contributed by atoms with Gasteiger partial charge in [0.15, 0.2) is 0 Å². The van der Waals surface area contributed by atoms with E-state index in [1.807, 2.05) is 10.8 Å². The summed E-state index contributed by atoms with van der Waals surface area (Å²) >= 11 is 0. The van der Waals surface area contributed by atoms with Crippen molar-refractivity contribution in [3.8, 4) is 0 Å². The van der Waals surface area contributed by atoms with Gasteiger partial charge in [0.25, 0.3) is 0 Å². The fourth-order valence-electron chi connectivity index (χ4n) is 1.76. The zero-order valence-electron chi connectivity index (χ0n) is 8.96. The van der Waals surface area contributed by atoms with Crippen molar-refractivity contribution >= 4 is 6.08 Å². The van der Waals surface area contributed by atoms with Crippen LogP contribution in [0.5, 0.6) is 0 Å². The topological polar surface area (TPSA) is 17.8 Å². The third-order valence-corrected chi connectivity index (χ3v) is 2.35. The van der Waals surface area contributed by atoms with Gasteiger partial charge in [0.2, 0.25) is 0 Å². The highest BCUT2D eigenvalue weighted by Gasteiger charge is 2.13. The summed E-state index contributed by atoms with van der Waals surface area (Å²) in [5.41, 5.74) is 3.64. The van der Waals surface area contributed by atoms with Crippen LogP contribution in [0.25, 0.3) is 6.08 Å². The third kappa shape index (κ3) is 1.67. The number of aromatic nitrogens is 2. The lowest BCUT2D eigenvalue weighted by molar-refractivity contribution is 0.635. The molecule has 0 aliphatic rings. The van der Waals surface area contributed by atoms with Crippen molar-refractivity contribution in [2.75, 3.05) is 0 Å². The van der Waals surface area contributed by atoms with E-state index in [0.29, 0.717) is 5.92 Å². The SMILES string of the molecule is C=Cc1nn(CC)c(C)c1C(C)C. The Hall–Kier alpha value is -1.05. The number of nitrogens with zero attached hydrogens (tertiary/aromatic N) is 2. The second kappa shape index (κ2) is 3.77. The summed E-state index contributed by atoms with van der Waals surface area (Å²) in [5.74, 6) is 0.522. The quantitative estimate of drug-likeness (QED) is 0.695. The molecule has 0 spiro atoms. The van der Waals surface area contributed by atoms with Crippen LogP contribution in [0.4, 0.5) is 0 Å². The number of hydrogen-bond donors (Lipinski definition) is 0. The highest BCUT2D eigenvalue weighted by Crippen LogP contribution is 2.23. The highest BCUT2D eigenvalue weighted by atomic mass is 15.3. The van der Waals surface area contributed by atoms with Gasteiger partial charge in [0.05, 0.1) is 5.69 Å². The molecule has 1 aromatic rings. The van der Waals surface area contributed by atoms with Crippen molar-refractivity contribution in [1.29, 1.82) is 0 Å². The van der Waals surface area contributed by atoms with Crippen molar-refractivity contribution in [3.05, 3.63) is 23.5 Å². The molecule has 0 N–H and O–H groups in total. The fraction of sp³-hybridized carbons (Fsp3) is 0.545. The standard InChI is InChI=1S/C11H18N2/c1-6-10-11(8(3)4)9(5)13(7-2)12-10/h6,8H,1,7H2,2-5H3. The Morgan fingerprint density at radius 3 is 2.46 bits per heavy atom. The van der Waals surface area contributed by atoms with Crippen LogP contribution in [-0.4, -0.2) is 9.78 Å². The van der Waals surface area contributed by atoms with Crippen LogP contribution in [-0.2, 0) is 6.54 Å². The molecule has 2 nitrogen and oxygen atoms in total. The van der Waals surface area contributed by atoms with Crippen molar-refractivity contribution in [2.24, 2.45) is 0 Å². The minimum atomic E-state index is 0.522. The Balaban J connectivity index is 3.28. The fourth-order valence-corrected chi connectivity index (χ4v) is 1.76. The third-order valence-electron chi connectivity index (χ3n) is 2.35. The van der Waals surface area contributed by atoms with Crippen LogP contribution in [0.2, 0.25) is 0 Å². The zero-order chi connectivity index (χ0) is 10.0. The van der Waals surface area contributed by atoms with E-state index in [1.165, 1.54) is 11.3 Å². The number of aryl methyl sites for hydroxylation is 1. The molecule has 0 atom stereocenters. The van der Waals surface area contributed by atoms with Gasteiger partial charge in [0, 0.05) is 17.8 Å². The van der Waals surface area contributed by atoms with Gasteiger partial charge in [-0.15, -0.1) is 0 Å². The van der Waals surface area contributed by atoms with Gasteiger partial charge in [-0.3, -0.25) is 4.68 Å². The molecule has 0 aromatic carbocycles. The first-order valence-electron chi connectivity index (χ1n) is 4.81. The van der Waals surface area contributed by atoms with E-state index in [0.717, 1.165) is 12.2 Å². The van der Waals surface area contributed by atoms with Gasteiger partial charge in [-0.25, -0.2) is 0 Å². The Bertz CT molecular complexity index is 308. The number of hydrogen-bond acceptors (Lipinski definition) is 1. The van der Waals surface area contributed by atoms with Crippen LogP contribution < -0.4 is 0 Å². The van der Waals surface area contributed by atoms with Crippen molar-refractivity contribution in [3.63, 3.8) is 0 Å². The van der Waals surface area contributed by atoms with Crippen molar-refractivity contribution < 1.29 is 0 Å². The van der Waals surface area contributed by atoms with Crippen LogP contribution in [0.1, 0.15) is 43.6 Å². The average Bonchev–Trinajstić information content (AvgIpc) is 2.41. The first kappa shape index (κ1) is 10.0. The maximum Gasteiger partial charge on any atom is 0.0882 e. The molecule has 0 bridgehead atoms. The maximum absolute atomic E-state index is 4.47. The van der Waals surface area contributed by atoms with Crippen molar-refractivity contribution in [1.82, 2.24) is 9.78 Å². The molecule has 0 saturated carbocycles. The van der Waals surface area contributed by atoms with Gasteiger partial charge in [0.1, 0.15) is 0 Å². The van der Waals surface area contributed by atoms with Gasteiger partial charge >= 0.3 is 0 Å². The molecule has 0 aliphatic carbocycles. The molecule has 1 aromatic heterocycles. The summed E-state index contributed by atoms with van der Waals surface area (Å²) in [6.07, 6.45) is 1.84. The summed E-state index contributed by atoms with van der Waals surface area (Å²) < 4.78 is 2.03. The van der Waals surface area contributed by atoms with Crippen molar-refractivity contribution in [2.45, 2.75) is 40.2 Å². The second-order valence-corrected chi connectivity index (χ2v) is 3.56. The molecule has 0 saturated heterocycles. The lowest BCUT2D eigenvalue weighted by Gasteiger charge is -2.05. The van der Waals surface area contributed by atoms with E-state index in [4.69, 9.17) is 0 Å². The smallest absolute Gasteiger partial charge is 0.0882 e. The highest BCUT2D eigenvalue weighted by molar-refractivity contribution is 5.49. The maximum atomic E-state index is 4.47.